The fraction of sp³-hybridized carbons (Fsp3) is 0.300. The fourth-order valence-electron chi connectivity index (χ4n) is 2.59. The third kappa shape index (κ3) is 5.60. The molecule has 2 atom stereocenters. The SMILES string of the molecule is COc1cc(C=CC(=O)CC(=O)C=CC2CC=C(O)C(O)C2)ccc1O. The Morgan fingerprint density at radius 1 is 1.23 bits per heavy atom. The summed E-state index contributed by atoms with van der Waals surface area (Å²) in [6, 6.07) is 4.67. The Balaban J connectivity index is 1.87. The van der Waals surface area contributed by atoms with E-state index >= 15 is 0 Å². The minimum absolute atomic E-state index is 0.00675. The highest BCUT2D eigenvalue weighted by Gasteiger charge is 2.20. The van der Waals surface area contributed by atoms with Crippen molar-refractivity contribution in [1.29, 1.82) is 0 Å². The normalized spacial score (nSPS) is 20.3. The molecule has 1 aromatic carbocycles. The first kappa shape index (κ1) is 19.5. The van der Waals surface area contributed by atoms with Crippen LogP contribution < -0.4 is 4.74 Å². The summed E-state index contributed by atoms with van der Waals surface area (Å²) in [5.41, 5.74) is 0.666. The number of rotatable bonds is 7. The van der Waals surface area contributed by atoms with Gasteiger partial charge in [0.05, 0.1) is 13.5 Å². The molecular formula is C20H22O6. The number of phenolic OH excluding ortho intramolecular Hbond substituents is 1. The minimum Gasteiger partial charge on any atom is -0.510 e. The Bertz CT molecular complexity index is 760. The van der Waals surface area contributed by atoms with Crippen LogP contribution in [0.4, 0.5) is 0 Å². The van der Waals surface area contributed by atoms with Gasteiger partial charge in [-0.1, -0.05) is 18.2 Å². The Morgan fingerprint density at radius 2 is 1.96 bits per heavy atom. The van der Waals surface area contributed by atoms with Gasteiger partial charge >= 0.3 is 0 Å². The van der Waals surface area contributed by atoms with Crippen LogP contribution in [0.25, 0.3) is 6.08 Å². The molecule has 3 N–H and O–H groups in total. The molecular weight excluding hydrogens is 336 g/mol. The molecule has 2 rings (SSSR count). The van der Waals surface area contributed by atoms with Gasteiger partial charge in [-0.05, 0) is 54.7 Å². The first-order valence-corrected chi connectivity index (χ1v) is 8.25. The Kier molecular flexibility index (Phi) is 6.74. The molecule has 0 fully saturated rings. The molecule has 0 saturated carbocycles. The molecule has 1 aliphatic carbocycles. The van der Waals surface area contributed by atoms with Crippen molar-refractivity contribution in [3.63, 3.8) is 0 Å². The number of benzene rings is 1. The topological polar surface area (TPSA) is 104 Å². The summed E-state index contributed by atoms with van der Waals surface area (Å²) in [5, 5.41) is 28.4. The molecule has 0 amide bonds. The molecule has 0 saturated heterocycles. The van der Waals surface area contributed by atoms with E-state index in [0.29, 0.717) is 24.2 Å². The lowest BCUT2D eigenvalue weighted by Crippen LogP contribution is -2.19. The summed E-state index contributed by atoms with van der Waals surface area (Å²) >= 11 is 0. The van der Waals surface area contributed by atoms with Crippen LogP contribution >= 0.6 is 0 Å². The zero-order chi connectivity index (χ0) is 19.1. The number of ether oxygens (including phenoxy) is 1. The number of methoxy groups -OCH3 is 1. The van der Waals surface area contributed by atoms with Crippen LogP contribution in [0.5, 0.6) is 11.5 Å². The van der Waals surface area contributed by atoms with Crippen LogP contribution in [0.15, 0.2) is 48.3 Å². The fourth-order valence-corrected chi connectivity index (χ4v) is 2.59. The number of allylic oxidation sites excluding steroid dienone is 4. The van der Waals surface area contributed by atoms with Crippen molar-refractivity contribution in [2.24, 2.45) is 5.92 Å². The zero-order valence-corrected chi connectivity index (χ0v) is 14.5. The van der Waals surface area contributed by atoms with Crippen LogP contribution in [0.2, 0.25) is 0 Å². The maximum atomic E-state index is 11.9. The Labute approximate surface area is 151 Å². The van der Waals surface area contributed by atoms with Gasteiger partial charge in [-0.25, -0.2) is 0 Å². The standard InChI is InChI=1S/C20H22O6/c1-26-20-11-14(5-9-18(20)24)3-7-16(22)12-15(21)6-2-13-4-8-17(23)19(25)10-13/h2-3,5-9,11,13,19,23-25H,4,10,12H2,1H3. The van der Waals surface area contributed by atoms with Gasteiger partial charge in [-0.2, -0.15) is 0 Å². The van der Waals surface area contributed by atoms with Gasteiger partial charge < -0.3 is 20.1 Å². The van der Waals surface area contributed by atoms with E-state index in [0.717, 1.165) is 0 Å². The quantitative estimate of drug-likeness (QED) is 0.511. The average Bonchev–Trinajstić information content (AvgIpc) is 2.62. The average molecular weight is 358 g/mol. The van der Waals surface area contributed by atoms with Crippen LogP contribution in [0.1, 0.15) is 24.8 Å². The predicted octanol–water partition coefficient (Wildman–Crippen LogP) is 2.71. The number of aromatic hydroxyl groups is 1. The lowest BCUT2D eigenvalue weighted by molar-refractivity contribution is -0.121. The molecule has 2 unspecified atom stereocenters. The highest BCUT2D eigenvalue weighted by atomic mass is 16.5. The number of aliphatic hydroxyl groups excluding tert-OH is 2. The van der Waals surface area contributed by atoms with Crippen molar-refractivity contribution >= 4 is 17.6 Å². The summed E-state index contributed by atoms with van der Waals surface area (Å²) in [7, 11) is 1.43. The lowest BCUT2D eigenvalue weighted by atomic mass is 9.90. The number of hydrogen-bond donors (Lipinski definition) is 3. The van der Waals surface area contributed by atoms with Gasteiger partial charge in [-0.15, -0.1) is 0 Å². The number of ketones is 2. The molecule has 1 aromatic rings. The van der Waals surface area contributed by atoms with E-state index in [4.69, 9.17) is 4.74 Å². The van der Waals surface area contributed by atoms with Crippen LogP contribution in [0.3, 0.4) is 0 Å². The molecule has 26 heavy (non-hydrogen) atoms. The first-order valence-electron chi connectivity index (χ1n) is 8.25. The van der Waals surface area contributed by atoms with Crippen molar-refractivity contribution in [2.75, 3.05) is 7.11 Å². The first-order chi connectivity index (χ1) is 12.4. The molecule has 0 aliphatic heterocycles. The smallest absolute Gasteiger partial charge is 0.163 e. The summed E-state index contributed by atoms with van der Waals surface area (Å²) in [6.07, 6.45) is 7.15. The van der Waals surface area contributed by atoms with Gasteiger partial charge in [0.1, 0.15) is 11.9 Å². The molecule has 6 nitrogen and oxygen atoms in total. The largest absolute Gasteiger partial charge is 0.510 e. The Hall–Kier alpha value is -2.86. The molecule has 6 heteroatoms. The molecule has 0 bridgehead atoms. The van der Waals surface area contributed by atoms with Gasteiger partial charge in [0.25, 0.3) is 0 Å². The number of carbonyl (C=O) groups excluding carboxylic acids is 2. The van der Waals surface area contributed by atoms with Crippen molar-refractivity contribution in [3.05, 3.63) is 53.8 Å². The zero-order valence-electron chi connectivity index (χ0n) is 14.5. The molecule has 0 spiro atoms. The van der Waals surface area contributed by atoms with Crippen molar-refractivity contribution in [1.82, 2.24) is 0 Å². The van der Waals surface area contributed by atoms with Gasteiger partial charge in [0.2, 0.25) is 0 Å². The molecule has 1 aliphatic rings. The van der Waals surface area contributed by atoms with E-state index in [1.54, 1.807) is 24.3 Å². The lowest BCUT2D eigenvalue weighted by Gasteiger charge is -2.20. The summed E-state index contributed by atoms with van der Waals surface area (Å²) in [5.74, 6) is -0.433. The number of carbonyl (C=O) groups is 2. The van der Waals surface area contributed by atoms with E-state index in [1.165, 1.54) is 31.4 Å². The summed E-state index contributed by atoms with van der Waals surface area (Å²) in [6.45, 7) is 0. The highest BCUT2D eigenvalue weighted by Crippen LogP contribution is 2.27. The van der Waals surface area contributed by atoms with Gasteiger partial charge in [0.15, 0.2) is 23.1 Å². The summed E-state index contributed by atoms with van der Waals surface area (Å²) in [4.78, 5) is 23.8. The van der Waals surface area contributed by atoms with Gasteiger partial charge in [0, 0.05) is 0 Å². The molecule has 0 radical (unpaired) electrons. The van der Waals surface area contributed by atoms with Crippen LogP contribution in [-0.2, 0) is 9.59 Å². The molecule has 0 heterocycles. The third-order valence-electron chi connectivity index (χ3n) is 4.07. The third-order valence-corrected chi connectivity index (χ3v) is 4.07. The second-order valence-corrected chi connectivity index (χ2v) is 6.11. The van der Waals surface area contributed by atoms with E-state index in [1.807, 2.05) is 0 Å². The van der Waals surface area contributed by atoms with Crippen molar-refractivity contribution in [2.45, 2.75) is 25.4 Å². The second kappa shape index (κ2) is 9.01. The van der Waals surface area contributed by atoms with Crippen LogP contribution in [0, 0.1) is 5.92 Å². The van der Waals surface area contributed by atoms with E-state index in [9.17, 15) is 24.9 Å². The predicted molar refractivity (Wildman–Crippen MR) is 96.9 cm³/mol. The van der Waals surface area contributed by atoms with Crippen molar-refractivity contribution in [3.8, 4) is 11.5 Å². The minimum atomic E-state index is -0.902. The number of phenols is 1. The highest BCUT2D eigenvalue weighted by molar-refractivity contribution is 6.09. The van der Waals surface area contributed by atoms with E-state index in [-0.39, 0.29) is 35.4 Å². The number of hydrogen-bond acceptors (Lipinski definition) is 6. The van der Waals surface area contributed by atoms with Gasteiger partial charge in [-0.3, -0.25) is 9.59 Å². The van der Waals surface area contributed by atoms with Crippen LogP contribution in [-0.4, -0.2) is 40.1 Å². The van der Waals surface area contributed by atoms with E-state index < -0.39 is 6.10 Å². The maximum Gasteiger partial charge on any atom is 0.163 e. The monoisotopic (exact) mass is 358 g/mol. The molecule has 138 valence electrons. The molecule has 0 aromatic heterocycles. The number of aliphatic hydroxyl groups is 2. The van der Waals surface area contributed by atoms with E-state index in [2.05, 4.69) is 0 Å². The summed E-state index contributed by atoms with van der Waals surface area (Å²) < 4.78 is 4.99. The second-order valence-electron chi connectivity index (χ2n) is 6.11. The maximum absolute atomic E-state index is 11.9. The Morgan fingerprint density at radius 3 is 2.65 bits per heavy atom. The van der Waals surface area contributed by atoms with Crippen molar-refractivity contribution < 1.29 is 29.6 Å².